The van der Waals surface area contributed by atoms with E-state index in [0.29, 0.717) is 0 Å². The van der Waals surface area contributed by atoms with Gasteiger partial charge in [0.15, 0.2) is 0 Å². The molecule has 1 amide bonds. The number of sulfonamides is 1. The van der Waals surface area contributed by atoms with Crippen molar-refractivity contribution in [2.45, 2.75) is 44.2 Å². The van der Waals surface area contributed by atoms with Crippen molar-refractivity contribution in [2.75, 3.05) is 6.54 Å². The van der Waals surface area contributed by atoms with Crippen LogP contribution < -0.4 is 15.8 Å². The zero-order chi connectivity index (χ0) is 16.0. The third-order valence-electron chi connectivity index (χ3n) is 3.06. The minimum atomic E-state index is -3.64. The number of rotatable bonds is 8. The molecule has 0 bridgehead atoms. The highest BCUT2D eigenvalue weighted by molar-refractivity contribution is 7.89. The van der Waals surface area contributed by atoms with E-state index in [-0.39, 0.29) is 17.4 Å². The molecule has 1 aromatic carbocycles. The van der Waals surface area contributed by atoms with E-state index < -0.39 is 22.0 Å². The van der Waals surface area contributed by atoms with Gasteiger partial charge in [-0.25, -0.2) is 13.1 Å². The summed E-state index contributed by atoms with van der Waals surface area (Å²) >= 11 is 0. The topological polar surface area (TPSA) is 101 Å². The molecule has 118 valence electrons. The van der Waals surface area contributed by atoms with Crippen LogP contribution in [0.25, 0.3) is 0 Å². The van der Waals surface area contributed by atoms with Crippen molar-refractivity contribution in [1.82, 2.24) is 10.0 Å². The minimum Gasteiger partial charge on any atom is -0.370 e. The summed E-state index contributed by atoms with van der Waals surface area (Å²) in [6.45, 7) is 6.47. The molecule has 2 unspecified atom stereocenters. The fourth-order valence-corrected chi connectivity index (χ4v) is 3.28. The van der Waals surface area contributed by atoms with Gasteiger partial charge in [0.1, 0.15) is 0 Å². The number of amides is 1. The standard InChI is InChI=1S/C14H23N3O3S/c1-4-16-11(3)12-5-7-13(8-6-12)21(19,20)17-10(2)9-14(15)18/h5-8,10-11,16-17H,4,9H2,1-3H3,(H2,15,18). The average Bonchev–Trinajstić information content (AvgIpc) is 2.37. The van der Waals surface area contributed by atoms with Crippen molar-refractivity contribution in [2.24, 2.45) is 5.73 Å². The molecule has 0 saturated heterocycles. The Balaban J connectivity index is 2.82. The van der Waals surface area contributed by atoms with Gasteiger partial charge in [0.05, 0.1) is 4.90 Å². The largest absolute Gasteiger partial charge is 0.370 e. The molecule has 0 saturated carbocycles. The zero-order valence-corrected chi connectivity index (χ0v) is 13.4. The first kappa shape index (κ1) is 17.6. The Hall–Kier alpha value is -1.44. The summed E-state index contributed by atoms with van der Waals surface area (Å²) in [6.07, 6.45) is -0.0330. The van der Waals surface area contributed by atoms with Crippen molar-refractivity contribution in [3.8, 4) is 0 Å². The summed E-state index contributed by atoms with van der Waals surface area (Å²) in [5.41, 5.74) is 6.07. The molecule has 0 aliphatic rings. The number of carbonyl (C=O) groups excluding carboxylic acids is 1. The fourth-order valence-electron chi connectivity index (χ4n) is 2.04. The molecule has 0 fully saturated rings. The average molecular weight is 313 g/mol. The van der Waals surface area contributed by atoms with Gasteiger partial charge in [-0.2, -0.15) is 0 Å². The normalized spacial score (nSPS) is 14.6. The number of primary amides is 1. The van der Waals surface area contributed by atoms with Gasteiger partial charge < -0.3 is 11.1 Å². The van der Waals surface area contributed by atoms with E-state index in [2.05, 4.69) is 10.0 Å². The van der Waals surface area contributed by atoms with E-state index in [4.69, 9.17) is 5.73 Å². The summed E-state index contributed by atoms with van der Waals surface area (Å²) in [6, 6.07) is 6.30. The molecule has 4 N–H and O–H groups in total. The molecule has 0 aliphatic heterocycles. The molecular weight excluding hydrogens is 290 g/mol. The predicted molar refractivity (Wildman–Crippen MR) is 82.1 cm³/mol. The molecule has 0 radical (unpaired) electrons. The number of benzene rings is 1. The monoisotopic (exact) mass is 313 g/mol. The SMILES string of the molecule is CCNC(C)c1ccc(S(=O)(=O)NC(C)CC(N)=O)cc1. The molecular formula is C14H23N3O3S. The summed E-state index contributed by atoms with van der Waals surface area (Å²) < 4.78 is 26.7. The third kappa shape index (κ3) is 5.45. The lowest BCUT2D eigenvalue weighted by molar-refractivity contribution is -0.118. The molecule has 1 aromatic rings. The van der Waals surface area contributed by atoms with E-state index in [9.17, 15) is 13.2 Å². The summed E-state index contributed by atoms with van der Waals surface area (Å²) in [7, 11) is -3.64. The Morgan fingerprint density at radius 3 is 2.29 bits per heavy atom. The van der Waals surface area contributed by atoms with Crippen LogP contribution in [0.2, 0.25) is 0 Å². The zero-order valence-electron chi connectivity index (χ0n) is 12.6. The highest BCUT2D eigenvalue weighted by atomic mass is 32.2. The summed E-state index contributed by atoms with van der Waals surface area (Å²) in [5, 5.41) is 3.26. The lowest BCUT2D eigenvalue weighted by atomic mass is 10.1. The Morgan fingerprint density at radius 2 is 1.81 bits per heavy atom. The van der Waals surface area contributed by atoms with E-state index >= 15 is 0 Å². The maximum Gasteiger partial charge on any atom is 0.240 e. The van der Waals surface area contributed by atoms with Crippen LogP contribution in [0.5, 0.6) is 0 Å². The fraction of sp³-hybridized carbons (Fsp3) is 0.500. The molecule has 2 atom stereocenters. The molecule has 0 heterocycles. The second-order valence-electron chi connectivity index (χ2n) is 5.04. The summed E-state index contributed by atoms with van der Waals surface area (Å²) in [4.78, 5) is 11.0. The first-order valence-corrected chi connectivity index (χ1v) is 8.38. The van der Waals surface area contributed by atoms with Crippen LogP contribution in [0.1, 0.15) is 38.8 Å². The lowest BCUT2D eigenvalue weighted by Gasteiger charge is -2.15. The van der Waals surface area contributed by atoms with Gasteiger partial charge in [0, 0.05) is 18.5 Å². The Labute approximate surface area is 126 Å². The Kier molecular flexibility index (Phi) is 6.32. The number of nitrogens with two attached hydrogens (primary N) is 1. The molecule has 0 aromatic heterocycles. The number of hydrogen-bond donors (Lipinski definition) is 3. The van der Waals surface area contributed by atoms with Crippen molar-refractivity contribution in [3.05, 3.63) is 29.8 Å². The molecule has 1 rings (SSSR count). The Bertz CT molecular complexity index is 570. The predicted octanol–water partition coefficient (Wildman–Crippen LogP) is 0.899. The van der Waals surface area contributed by atoms with Gasteiger partial charge >= 0.3 is 0 Å². The molecule has 21 heavy (non-hydrogen) atoms. The van der Waals surface area contributed by atoms with E-state index in [1.165, 1.54) is 0 Å². The Morgan fingerprint density at radius 1 is 1.24 bits per heavy atom. The second-order valence-corrected chi connectivity index (χ2v) is 6.76. The van der Waals surface area contributed by atoms with Crippen LogP contribution in [-0.2, 0) is 14.8 Å². The number of nitrogens with one attached hydrogen (secondary N) is 2. The van der Waals surface area contributed by atoms with Crippen molar-refractivity contribution >= 4 is 15.9 Å². The van der Waals surface area contributed by atoms with Gasteiger partial charge in [-0.05, 0) is 38.1 Å². The van der Waals surface area contributed by atoms with Crippen LogP contribution in [0.3, 0.4) is 0 Å². The third-order valence-corrected chi connectivity index (χ3v) is 4.67. The van der Waals surface area contributed by atoms with E-state index in [1.54, 1.807) is 31.2 Å². The highest BCUT2D eigenvalue weighted by Gasteiger charge is 2.18. The maximum absolute atomic E-state index is 12.2. The molecule has 0 aliphatic carbocycles. The minimum absolute atomic E-state index is 0.0330. The molecule has 0 spiro atoms. The maximum atomic E-state index is 12.2. The van der Waals surface area contributed by atoms with E-state index in [0.717, 1.165) is 12.1 Å². The number of hydrogen-bond acceptors (Lipinski definition) is 4. The van der Waals surface area contributed by atoms with Gasteiger partial charge in [-0.1, -0.05) is 19.1 Å². The van der Waals surface area contributed by atoms with Gasteiger partial charge in [-0.3, -0.25) is 4.79 Å². The quantitative estimate of drug-likeness (QED) is 0.663. The van der Waals surface area contributed by atoms with Crippen LogP contribution in [-0.4, -0.2) is 26.9 Å². The highest BCUT2D eigenvalue weighted by Crippen LogP contribution is 2.16. The van der Waals surface area contributed by atoms with Crippen LogP contribution >= 0.6 is 0 Å². The van der Waals surface area contributed by atoms with Crippen LogP contribution in [0.4, 0.5) is 0 Å². The number of carbonyl (C=O) groups is 1. The van der Waals surface area contributed by atoms with Gasteiger partial charge in [-0.15, -0.1) is 0 Å². The second kappa shape index (κ2) is 7.53. The van der Waals surface area contributed by atoms with E-state index in [1.807, 2.05) is 13.8 Å². The van der Waals surface area contributed by atoms with Crippen molar-refractivity contribution < 1.29 is 13.2 Å². The smallest absolute Gasteiger partial charge is 0.240 e. The first-order chi connectivity index (χ1) is 9.76. The molecule has 7 heteroatoms. The van der Waals surface area contributed by atoms with Crippen molar-refractivity contribution in [3.63, 3.8) is 0 Å². The van der Waals surface area contributed by atoms with Crippen molar-refractivity contribution in [1.29, 1.82) is 0 Å². The lowest BCUT2D eigenvalue weighted by Crippen LogP contribution is -2.35. The molecule has 6 nitrogen and oxygen atoms in total. The van der Waals surface area contributed by atoms with Gasteiger partial charge in [0.2, 0.25) is 15.9 Å². The van der Waals surface area contributed by atoms with Gasteiger partial charge in [0.25, 0.3) is 0 Å². The summed E-state index contributed by atoms with van der Waals surface area (Å²) in [5.74, 6) is -0.542. The van der Waals surface area contributed by atoms with Crippen LogP contribution in [0, 0.1) is 0 Å². The first-order valence-electron chi connectivity index (χ1n) is 6.90. The van der Waals surface area contributed by atoms with Crippen LogP contribution in [0.15, 0.2) is 29.2 Å².